The van der Waals surface area contributed by atoms with Crippen LogP contribution in [0.1, 0.15) is 37.7 Å². The van der Waals surface area contributed by atoms with Crippen LogP contribution < -0.4 is 10.6 Å². The van der Waals surface area contributed by atoms with Crippen LogP contribution in [-0.2, 0) is 5.41 Å². The molecule has 8 aromatic carbocycles. The summed E-state index contributed by atoms with van der Waals surface area (Å²) in [5, 5.41) is 3.77. The van der Waals surface area contributed by atoms with E-state index in [2.05, 4.69) is 166 Å². The van der Waals surface area contributed by atoms with Crippen molar-refractivity contribution in [2.24, 2.45) is 0 Å². The predicted molar refractivity (Wildman–Crippen MR) is 270 cm³/mol. The van der Waals surface area contributed by atoms with E-state index in [1.807, 2.05) is 55.5 Å². The molecule has 0 spiro atoms. The van der Waals surface area contributed by atoms with Crippen LogP contribution in [0.5, 0.6) is 0 Å². The standard InChI is InChI=1S/C61H43N3O2/c1-5-44(59-62-58(41-29-27-38(28-30-41)37-15-8-7-9-16-37)63-60(64-59)47-19-14-22-55-57(47)46-18-11-13-21-53(46)66-55)56-49-36-43(32-34-54(49)65-52(56)6-2)40-25-23-39(24-26-40)42-31-33-51-48(35-42)45-17-10-12-20-50(45)61(51,3)4/h5-36H,1H2,2-4H3/b52-6+,56-44+. The van der Waals surface area contributed by atoms with Crippen LogP contribution in [-0.4, -0.2) is 15.0 Å². The normalized spacial score (nSPS) is 13.6. The number of hydrogen-bond donors (Lipinski definition) is 0. The van der Waals surface area contributed by atoms with Crippen LogP contribution in [0.4, 0.5) is 0 Å². The molecule has 0 unspecified atom stereocenters. The Morgan fingerprint density at radius 2 is 1.05 bits per heavy atom. The maximum atomic E-state index is 6.57. The predicted octanol–water partition coefficient (Wildman–Crippen LogP) is 14.3. The van der Waals surface area contributed by atoms with Crippen molar-refractivity contribution >= 4 is 44.6 Å². The third-order valence-electron chi connectivity index (χ3n) is 13.4. The zero-order chi connectivity index (χ0) is 44.5. The van der Waals surface area contributed by atoms with Crippen LogP contribution >= 0.6 is 0 Å². The van der Waals surface area contributed by atoms with Crippen LogP contribution in [0, 0.1) is 0 Å². The molecule has 314 valence electrons. The molecule has 1 aliphatic carbocycles. The molecule has 0 bridgehead atoms. The molecule has 0 fully saturated rings. The van der Waals surface area contributed by atoms with E-state index in [1.165, 1.54) is 33.4 Å². The molecule has 11 aromatic rings. The van der Waals surface area contributed by atoms with E-state index in [-0.39, 0.29) is 5.41 Å². The molecule has 0 saturated heterocycles. The first-order chi connectivity index (χ1) is 32.4. The average molecular weight is 850 g/mol. The fourth-order valence-corrected chi connectivity index (χ4v) is 9.99. The Labute approximate surface area is 382 Å². The first-order valence-corrected chi connectivity index (χ1v) is 22.4. The van der Waals surface area contributed by atoms with Gasteiger partial charge < -0.3 is 8.83 Å². The highest BCUT2D eigenvalue weighted by atomic mass is 16.3. The fourth-order valence-electron chi connectivity index (χ4n) is 9.99. The molecule has 3 aromatic heterocycles. The highest BCUT2D eigenvalue weighted by molar-refractivity contribution is 6.11. The van der Waals surface area contributed by atoms with Gasteiger partial charge in [-0.3, -0.25) is 0 Å². The van der Waals surface area contributed by atoms with Crippen molar-refractivity contribution in [3.05, 3.63) is 222 Å². The van der Waals surface area contributed by atoms with E-state index in [0.717, 1.165) is 77.1 Å². The SMILES string of the molecule is C=C/C(c1nc(-c2ccc(-c3ccccc3)cc2)nc(-c2cccc3oc4ccccc4c23)n1)=c1\c(=C/C)oc2ccc(-c3ccc(-c4ccc5c(c4)-c4ccccc4C5(C)C)cc3)cc12. The summed E-state index contributed by atoms with van der Waals surface area (Å²) >= 11 is 0. The Hall–Kier alpha value is -8.41. The van der Waals surface area contributed by atoms with Gasteiger partial charge in [0, 0.05) is 43.5 Å². The van der Waals surface area contributed by atoms with Gasteiger partial charge in [-0.25, -0.2) is 15.0 Å². The maximum Gasteiger partial charge on any atom is 0.164 e. The van der Waals surface area contributed by atoms with Gasteiger partial charge in [-0.05, 0) is 99.0 Å². The van der Waals surface area contributed by atoms with Gasteiger partial charge in [-0.1, -0.05) is 178 Å². The minimum absolute atomic E-state index is 0.0232. The van der Waals surface area contributed by atoms with Crippen LogP contribution in [0.3, 0.4) is 0 Å². The van der Waals surface area contributed by atoms with Crippen molar-refractivity contribution < 1.29 is 8.83 Å². The number of para-hydroxylation sites is 1. The van der Waals surface area contributed by atoms with Crippen molar-refractivity contribution in [3.8, 4) is 67.3 Å². The van der Waals surface area contributed by atoms with E-state index < -0.39 is 0 Å². The van der Waals surface area contributed by atoms with Crippen LogP contribution in [0.15, 0.2) is 203 Å². The lowest BCUT2D eigenvalue weighted by molar-refractivity contribution is 0.574. The quantitative estimate of drug-likeness (QED) is 0.160. The number of fused-ring (bicyclic) bond motifs is 7. The number of furan rings is 2. The number of allylic oxidation sites excluding steroid dienone is 1. The van der Waals surface area contributed by atoms with Gasteiger partial charge in [0.1, 0.15) is 22.2 Å². The highest BCUT2D eigenvalue weighted by Crippen LogP contribution is 2.49. The molecule has 0 aliphatic heterocycles. The van der Waals surface area contributed by atoms with Gasteiger partial charge in [0.05, 0.1) is 0 Å². The Morgan fingerprint density at radius 3 is 1.82 bits per heavy atom. The largest absolute Gasteiger partial charge is 0.456 e. The lowest BCUT2D eigenvalue weighted by Crippen LogP contribution is -2.24. The third kappa shape index (κ3) is 6.34. The molecule has 0 atom stereocenters. The Bertz CT molecular complexity index is 3860. The Kier molecular flexibility index (Phi) is 9.14. The summed E-state index contributed by atoms with van der Waals surface area (Å²) in [5.41, 5.74) is 17.7. The molecule has 1 aliphatic rings. The molecule has 0 N–H and O–H groups in total. The molecular formula is C61H43N3O2. The van der Waals surface area contributed by atoms with Crippen LogP contribution in [0.2, 0.25) is 0 Å². The second kappa shape index (κ2) is 15.4. The molecule has 66 heavy (non-hydrogen) atoms. The smallest absolute Gasteiger partial charge is 0.164 e. The molecule has 12 rings (SSSR count). The third-order valence-corrected chi connectivity index (χ3v) is 13.4. The minimum Gasteiger partial charge on any atom is -0.456 e. The van der Waals surface area contributed by atoms with E-state index in [4.69, 9.17) is 23.8 Å². The van der Waals surface area contributed by atoms with Crippen LogP contribution in [0.25, 0.3) is 112 Å². The first kappa shape index (κ1) is 39.2. The van der Waals surface area contributed by atoms with Crippen molar-refractivity contribution in [1.29, 1.82) is 0 Å². The summed E-state index contributed by atoms with van der Waals surface area (Å²) < 4.78 is 12.9. The average Bonchev–Trinajstić information content (AvgIpc) is 4.01. The zero-order valence-corrected chi connectivity index (χ0v) is 36.8. The summed E-state index contributed by atoms with van der Waals surface area (Å²) in [6.45, 7) is 11.0. The zero-order valence-electron chi connectivity index (χ0n) is 36.8. The van der Waals surface area contributed by atoms with Crippen molar-refractivity contribution in [1.82, 2.24) is 15.0 Å². The number of aromatic nitrogens is 3. The lowest BCUT2D eigenvalue weighted by Gasteiger charge is -2.21. The number of nitrogens with zero attached hydrogens (tertiary/aromatic N) is 3. The van der Waals surface area contributed by atoms with E-state index in [9.17, 15) is 0 Å². The van der Waals surface area contributed by atoms with Crippen molar-refractivity contribution in [2.75, 3.05) is 0 Å². The second-order valence-corrected chi connectivity index (χ2v) is 17.5. The number of benzene rings is 8. The Balaban J connectivity index is 0.998. The maximum absolute atomic E-state index is 6.57. The van der Waals surface area contributed by atoms with Gasteiger partial charge >= 0.3 is 0 Å². The van der Waals surface area contributed by atoms with Gasteiger partial charge in [0.2, 0.25) is 0 Å². The van der Waals surface area contributed by atoms with Gasteiger partial charge in [-0.2, -0.15) is 0 Å². The molecule has 0 radical (unpaired) electrons. The van der Waals surface area contributed by atoms with E-state index in [0.29, 0.717) is 22.9 Å². The summed E-state index contributed by atoms with van der Waals surface area (Å²) in [5.74, 6) is 1.57. The number of hydrogen-bond acceptors (Lipinski definition) is 5. The second-order valence-electron chi connectivity index (χ2n) is 17.5. The molecule has 3 heterocycles. The topological polar surface area (TPSA) is 65.0 Å². The molecule has 0 saturated carbocycles. The Morgan fingerprint density at radius 1 is 0.470 bits per heavy atom. The summed E-state index contributed by atoms with van der Waals surface area (Å²) in [7, 11) is 0. The lowest BCUT2D eigenvalue weighted by atomic mass is 9.82. The van der Waals surface area contributed by atoms with Crippen molar-refractivity contribution in [2.45, 2.75) is 26.2 Å². The van der Waals surface area contributed by atoms with Gasteiger partial charge in [0.25, 0.3) is 0 Å². The molecule has 5 heteroatoms. The highest BCUT2D eigenvalue weighted by Gasteiger charge is 2.35. The number of rotatable bonds is 7. The molecule has 5 nitrogen and oxygen atoms in total. The summed E-state index contributed by atoms with van der Waals surface area (Å²) in [6.07, 6.45) is 3.83. The summed E-state index contributed by atoms with van der Waals surface area (Å²) in [4.78, 5) is 15.7. The monoisotopic (exact) mass is 849 g/mol. The first-order valence-electron chi connectivity index (χ1n) is 22.4. The van der Waals surface area contributed by atoms with E-state index in [1.54, 1.807) is 0 Å². The van der Waals surface area contributed by atoms with Gasteiger partial charge in [0.15, 0.2) is 17.5 Å². The van der Waals surface area contributed by atoms with Crippen molar-refractivity contribution in [3.63, 3.8) is 0 Å². The fraction of sp³-hybridized carbons (Fsp3) is 0.0656. The van der Waals surface area contributed by atoms with E-state index >= 15 is 0 Å². The summed E-state index contributed by atoms with van der Waals surface area (Å²) in [6, 6.07) is 63.8. The van der Waals surface area contributed by atoms with Gasteiger partial charge in [-0.15, -0.1) is 0 Å². The molecular weight excluding hydrogens is 807 g/mol. The molecule has 0 amide bonds. The minimum atomic E-state index is -0.0232.